The van der Waals surface area contributed by atoms with Crippen LogP contribution < -0.4 is 5.73 Å². The summed E-state index contributed by atoms with van der Waals surface area (Å²) in [7, 11) is 0. The van der Waals surface area contributed by atoms with Crippen molar-refractivity contribution in [2.24, 2.45) is 5.73 Å². The van der Waals surface area contributed by atoms with Crippen LogP contribution in [0.15, 0.2) is 6.07 Å². The lowest BCUT2D eigenvalue weighted by atomic mass is 9.93. The summed E-state index contributed by atoms with van der Waals surface area (Å²) < 4.78 is 2.56. The van der Waals surface area contributed by atoms with Gasteiger partial charge in [0.2, 0.25) is 0 Å². The fraction of sp³-hybridized carbons (Fsp3) is 0.750. The summed E-state index contributed by atoms with van der Waals surface area (Å²) >= 11 is 0. The van der Waals surface area contributed by atoms with Gasteiger partial charge in [-0.05, 0) is 51.2 Å². The number of hydrogen-bond acceptors (Lipinski definition) is 1. The molecule has 1 aromatic heterocycles. The van der Waals surface area contributed by atoms with Crippen LogP contribution >= 0.6 is 0 Å². The molecule has 102 valence electrons. The standard InChI is InChI=1S/C16H28N2/c1-4-5-6-8-12(2)18-13(3)11-14-15(17)9-7-10-16(14)18/h11-12,15H,4-10,17H2,1-3H3. The Bertz CT molecular complexity index is 392. The zero-order chi connectivity index (χ0) is 13.1. The Hall–Kier alpha value is -0.760. The second-order valence-electron chi connectivity index (χ2n) is 5.90. The van der Waals surface area contributed by atoms with Crippen LogP contribution in [0.2, 0.25) is 0 Å². The third kappa shape index (κ3) is 2.64. The topological polar surface area (TPSA) is 30.9 Å². The van der Waals surface area contributed by atoms with E-state index in [0.717, 1.165) is 6.42 Å². The van der Waals surface area contributed by atoms with E-state index < -0.39 is 0 Å². The van der Waals surface area contributed by atoms with Crippen molar-refractivity contribution in [2.45, 2.75) is 77.8 Å². The van der Waals surface area contributed by atoms with Crippen LogP contribution in [-0.4, -0.2) is 4.57 Å². The number of nitrogens with two attached hydrogens (primary N) is 1. The minimum absolute atomic E-state index is 0.275. The van der Waals surface area contributed by atoms with Gasteiger partial charge in [-0.3, -0.25) is 0 Å². The predicted octanol–water partition coefficient (Wildman–Crippen LogP) is 4.27. The Balaban J connectivity index is 2.17. The van der Waals surface area contributed by atoms with E-state index in [2.05, 4.69) is 31.4 Å². The van der Waals surface area contributed by atoms with Crippen LogP contribution in [0.5, 0.6) is 0 Å². The maximum absolute atomic E-state index is 6.24. The van der Waals surface area contributed by atoms with E-state index in [0.29, 0.717) is 6.04 Å². The van der Waals surface area contributed by atoms with Gasteiger partial charge in [0, 0.05) is 23.5 Å². The normalized spacial score (nSPS) is 20.8. The molecule has 2 rings (SSSR count). The van der Waals surface area contributed by atoms with Crippen LogP contribution in [0.4, 0.5) is 0 Å². The second-order valence-corrected chi connectivity index (χ2v) is 5.90. The molecule has 2 atom stereocenters. The fourth-order valence-electron chi connectivity index (χ4n) is 3.39. The maximum atomic E-state index is 6.24. The fourth-order valence-corrected chi connectivity index (χ4v) is 3.39. The Kier molecular flexibility index (Phi) is 4.50. The molecule has 2 nitrogen and oxygen atoms in total. The van der Waals surface area contributed by atoms with Crippen LogP contribution in [0, 0.1) is 6.92 Å². The van der Waals surface area contributed by atoms with E-state index in [1.54, 1.807) is 0 Å². The highest BCUT2D eigenvalue weighted by Crippen LogP contribution is 2.33. The Morgan fingerprint density at radius 3 is 2.94 bits per heavy atom. The molecule has 0 aromatic carbocycles. The van der Waals surface area contributed by atoms with E-state index in [9.17, 15) is 0 Å². The smallest absolute Gasteiger partial charge is 0.0313 e. The molecule has 0 radical (unpaired) electrons. The van der Waals surface area contributed by atoms with Crippen molar-refractivity contribution >= 4 is 0 Å². The quantitative estimate of drug-likeness (QED) is 0.775. The summed E-state index contributed by atoms with van der Waals surface area (Å²) in [5, 5.41) is 0. The summed E-state index contributed by atoms with van der Waals surface area (Å²) in [4.78, 5) is 0. The Morgan fingerprint density at radius 2 is 2.22 bits per heavy atom. The van der Waals surface area contributed by atoms with Crippen molar-refractivity contribution in [2.75, 3.05) is 0 Å². The number of aromatic nitrogens is 1. The number of aryl methyl sites for hydroxylation is 1. The molecule has 0 bridgehead atoms. The average molecular weight is 248 g/mol. The Morgan fingerprint density at radius 1 is 1.44 bits per heavy atom. The van der Waals surface area contributed by atoms with Crippen molar-refractivity contribution in [1.82, 2.24) is 4.57 Å². The highest BCUT2D eigenvalue weighted by molar-refractivity contribution is 5.33. The number of rotatable bonds is 5. The number of hydrogen-bond donors (Lipinski definition) is 1. The minimum atomic E-state index is 0.275. The second kappa shape index (κ2) is 5.92. The summed E-state index contributed by atoms with van der Waals surface area (Å²) in [5.41, 5.74) is 10.6. The van der Waals surface area contributed by atoms with Gasteiger partial charge in [-0.25, -0.2) is 0 Å². The molecule has 1 aliphatic carbocycles. The molecule has 2 unspecified atom stereocenters. The third-order valence-corrected chi connectivity index (χ3v) is 4.36. The van der Waals surface area contributed by atoms with Crippen molar-refractivity contribution < 1.29 is 0 Å². The van der Waals surface area contributed by atoms with Gasteiger partial charge in [0.1, 0.15) is 0 Å². The van der Waals surface area contributed by atoms with E-state index >= 15 is 0 Å². The third-order valence-electron chi connectivity index (χ3n) is 4.36. The molecule has 2 heteroatoms. The van der Waals surface area contributed by atoms with Gasteiger partial charge in [0.25, 0.3) is 0 Å². The maximum Gasteiger partial charge on any atom is 0.0313 e. The SMILES string of the molecule is CCCCCC(C)n1c(C)cc2c1CCCC2N. The monoisotopic (exact) mass is 248 g/mol. The number of fused-ring (bicyclic) bond motifs is 1. The predicted molar refractivity (Wildman–Crippen MR) is 77.9 cm³/mol. The summed E-state index contributed by atoms with van der Waals surface area (Å²) in [6.45, 7) is 6.87. The molecular formula is C16H28N2. The molecular weight excluding hydrogens is 220 g/mol. The van der Waals surface area contributed by atoms with E-state index in [4.69, 9.17) is 5.73 Å². The minimum Gasteiger partial charge on any atom is -0.346 e. The molecule has 0 amide bonds. The zero-order valence-electron chi connectivity index (χ0n) is 12.2. The molecule has 1 heterocycles. The van der Waals surface area contributed by atoms with Crippen molar-refractivity contribution in [3.63, 3.8) is 0 Å². The van der Waals surface area contributed by atoms with Crippen LogP contribution in [0.3, 0.4) is 0 Å². The van der Waals surface area contributed by atoms with Gasteiger partial charge in [-0.2, -0.15) is 0 Å². The van der Waals surface area contributed by atoms with Gasteiger partial charge < -0.3 is 10.3 Å². The molecule has 0 fully saturated rings. The molecule has 1 aliphatic rings. The summed E-state index contributed by atoms with van der Waals surface area (Å²) in [6.07, 6.45) is 8.92. The van der Waals surface area contributed by atoms with Crippen molar-refractivity contribution in [1.29, 1.82) is 0 Å². The van der Waals surface area contributed by atoms with Crippen LogP contribution in [0.1, 0.15) is 81.4 Å². The first-order chi connectivity index (χ1) is 8.65. The van der Waals surface area contributed by atoms with E-state index in [1.165, 1.54) is 55.5 Å². The number of unbranched alkanes of at least 4 members (excludes halogenated alkanes) is 2. The first-order valence-corrected chi connectivity index (χ1v) is 7.61. The first kappa shape index (κ1) is 13.7. The highest BCUT2D eigenvalue weighted by atomic mass is 15.0. The lowest BCUT2D eigenvalue weighted by Gasteiger charge is -2.24. The lowest BCUT2D eigenvalue weighted by Crippen LogP contribution is -2.19. The van der Waals surface area contributed by atoms with Gasteiger partial charge in [0.05, 0.1) is 0 Å². The highest BCUT2D eigenvalue weighted by Gasteiger charge is 2.23. The van der Waals surface area contributed by atoms with E-state index in [1.807, 2.05) is 0 Å². The van der Waals surface area contributed by atoms with Crippen molar-refractivity contribution in [3.05, 3.63) is 23.0 Å². The first-order valence-electron chi connectivity index (χ1n) is 7.61. The molecule has 1 aromatic rings. The summed E-state index contributed by atoms with van der Waals surface area (Å²) in [5.74, 6) is 0. The molecule has 0 saturated carbocycles. The Labute approximate surface area is 112 Å². The number of nitrogens with zero attached hydrogens (tertiary/aromatic N) is 1. The van der Waals surface area contributed by atoms with Gasteiger partial charge in [-0.15, -0.1) is 0 Å². The zero-order valence-corrected chi connectivity index (χ0v) is 12.2. The van der Waals surface area contributed by atoms with Crippen LogP contribution in [-0.2, 0) is 6.42 Å². The largest absolute Gasteiger partial charge is 0.346 e. The lowest BCUT2D eigenvalue weighted by molar-refractivity contribution is 0.444. The average Bonchev–Trinajstić information content (AvgIpc) is 2.67. The molecule has 2 N–H and O–H groups in total. The molecule has 0 spiro atoms. The molecule has 0 aliphatic heterocycles. The molecule has 18 heavy (non-hydrogen) atoms. The van der Waals surface area contributed by atoms with Gasteiger partial charge in [-0.1, -0.05) is 26.2 Å². The molecule has 0 saturated heterocycles. The van der Waals surface area contributed by atoms with Crippen LogP contribution in [0.25, 0.3) is 0 Å². The van der Waals surface area contributed by atoms with E-state index in [-0.39, 0.29) is 6.04 Å². The van der Waals surface area contributed by atoms with Gasteiger partial charge in [0.15, 0.2) is 0 Å². The van der Waals surface area contributed by atoms with Crippen molar-refractivity contribution in [3.8, 4) is 0 Å². The summed E-state index contributed by atoms with van der Waals surface area (Å²) in [6, 6.07) is 3.23. The van der Waals surface area contributed by atoms with Gasteiger partial charge >= 0.3 is 0 Å².